The molecule has 4 rings (SSSR count). The molecule has 1 saturated carbocycles. The van der Waals surface area contributed by atoms with E-state index in [1.54, 1.807) is 21.8 Å². The fourth-order valence-electron chi connectivity index (χ4n) is 4.40. The molecule has 1 fully saturated rings. The van der Waals surface area contributed by atoms with Crippen molar-refractivity contribution in [2.24, 2.45) is 13.0 Å². The van der Waals surface area contributed by atoms with Crippen LogP contribution >= 0.6 is 0 Å². The summed E-state index contributed by atoms with van der Waals surface area (Å²) in [5.74, 6) is 0.874. The maximum atomic E-state index is 13.2. The maximum absolute atomic E-state index is 13.2. The Bertz CT molecular complexity index is 867. The van der Waals surface area contributed by atoms with E-state index in [0.29, 0.717) is 24.6 Å². The number of aryl methyl sites for hydroxylation is 2. The van der Waals surface area contributed by atoms with Crippen LogP contribution in [-0.4, -0.2) is 27.6 Å². The van der Waals surface area contributed by atoms with E-state index in [1.807, 2.05) is 26.1 Å². The molecule has 0 spiro atoms. The summed E-state index contributed by atoms with van der Waals surface area (Å²) in [6.07, 6.45) is 7.56. The van der Waals surface area contributed by atoms with Gasteiger partial charge in [0.25, 0.3) is 0 Å². The molecule has 2 heterocycles. The predicted molar refractivity (Wildman–Crippen MR) is 105 cm³/mol. The minimum absolute atomic E-state index is 0.00904. The highest BCUT2D eigenvalue weighted by Gasteiger charge is 2.38. The van der Waals surface area contributed by atoms with Gasteiger partial charge in [-0.1, -0.05) is 43.4 Å². The van der Waals surface area contributed by atoms with E-state index in [4.69, 9.17) is 0 Å². The van der Waals surface area contributed by atoms with E-state index in [1.165, 1.54) is 12.8 Å². The van der Waals surface area contributed by atoms with E-state index >= 15 is 0 Å². The average molecular weight is 366 g/mol. The van der Waals surface area contributed by atoms with Crippen LogP contribution in [0.5, 0.6) is 0 Å². The maximum Gasteiger partial charge on any atom is 0.248 e. The van der Waals surface area contributed by atoms with Crippen molar-refractivity contribution in [3.63, 3.8) is 0 Å². The van der Waals surface area contributed by atoms with Gasteiger partial charge in [0, 0.05) is 25.0 Å². The number of rotatable bonds is 5. The fraction of sp³-hybridized carbons (Fsp3) is 0.476. The van der Waals surface area contributed by atoms with Gasteiger partial charge in [0.05, 0.1) is 6.42 Å². The largest absolute Gasteiger partial charge is 0.307 e. The number of nitrogens with one attached hydrogen (secondary N) is 1. The van der Waals surface area contributed by atoms with Gasteiger partial charge in [-0.05, 0) is 30.9 Å². The molecule has 6 nitrogen and oxygen atoms in total. The van der Waals surface area contributed by atoms with Gasteiger partial charge >= 0.3 is 0 Å². The summed E-state index contributed by atoms with van der Waals surface area (Å²) in [5, 5.41) is 7.16. The van der Waals surface area contributed by atoms with E-state index < -0.39 is 6.04 Å². The summed E-state index contributed by atoms with van der Waals surface area (Å²) in [6, 6.07) is 7.31. The molecule has 2 amide bonds. The van der Waals surface area contributed by atoms with Crippen LogP contribution in [0.25, 0.3) is 0 Å². The van der Waals surface area contributed by atoms with Gasteiger partial charge in [0.1, 0.15) is 6.04 Å². The van der Waals surface area contributed by atoms with E-state index in [2.05, 4.69) is 16.5 Å². The Labute approximate surface area is 159 Å². The summed E-state index contributed by atoms with van der Waals surface area (Å²) in [4.78, 5) is 27.7. The second kappa shape index (κ2) is 7.18. The highest BCUT2D eigenvalue weighted by atomic mass is 16.2. The van der Waals surface area contributed by atoms with Gasteiger partial charge in [-0.3, -0.25) is 19.2 Å². The summed E-state index contributed by atoms with van der Waals surface area (Å²) < 4.78 is 1.65. The van der Waals surface area contributed by atoms with Crippen LogP contribution in [0.1, 0.15) is 43.2 Å². The Morgan fingerprint density at radius 1 is 1.30 bits per heavy atom. The molecule has 0 saturated heterocycles. The number of nitrogens with zero attached hydrogens (tertiary/aromatic N) is 3. The lowest BCUT2D eigenvalue weighted by atomic mass is 9.96. The van der Waals surface area contributed by atoms with Crippen LogP contribution in [0.3, 0.4) is 0 Å². The zero-order valence-corrected chi connectivity index (χ0v) is 15.9. The molecule has 1 atom stereocenters. The van der Waals surface area contributed by atoms with Gasteiger partial charge in [-0.25, -0.2) is 0 Å². The molecule has 1 aliphatic carbocycles. The number of anilines is 2. The van der Waals surface area contributed by atoms with E-state index in [-0.39, 0.29) is 11.8 Å². The smallest absolute Gasteiger partial charge is 0.248 e. The molecular formula is C21H26N4O2. The Hall–Kier alpha value is -2.63. The number of amides is 2. The Balaban J connectivity index is 1.63. The first-order valence-corrected chi connectivity index (χ1v) is 9.73. The molecule has 0 bridgehead atoms. The lowest BCUT2D eigenvalue weighted by Gasteiger charge is -2.29. The minimum Gasteiger partial charge on any atom is -0.307 e. The van der Waals surface area contributed by atoms with Crippen molar-refractivity contribution in [2.75, 3.05) is 10.2 Å². The summed E-state index contributed by atoms with van der Waals surface area (Å²) >= 11 is 0. The van der Waals surface area contributed by atoms with Crippen LogP contribution in [0.2, 0.25) is 0 Å². The molecule has 27 heavy (non-hydrogen) atoms. The first-order chi connectivity index (χ1) is 13.0. The van der Waals surface area contributed by atoms with Crippen molar-refractivity contribution in [1.82, 2.24) is 9.78 Å². The summed E-state index contributed by atoms with van der Waals surface area (Å²) in [5.41, 5.74) is 3.03. The molecule has 1 aromatic carbocycles. The van der Waals surface area contributed by atoms with Crippen LogP contribution in [0.4, 0.5) is 11.5 Å². The van der Waals surface area contributed by atoms with Crippen LogP contribution < -0.4 is 10.2 Å². The van der Waals surface area contributed by atoms with Crippen molar-refractivity contribution in [3.05, 3.63) is 41.6 Å². The SMILES string of the molecule is Cc1ccc2c(c1)CC(=O)N2C(CC1CCCC1)C(=O)Nc1ccn(C)n1. The highest BCUT2D eigenvalue weighted by molar-refractivity contribution is 6.08. The third-order valence-electron chi connectivity index (χ3n) is 5.72. The molecule has 0 radical (unpaired) electrons. The number of benzene rings is 1. The standard InChI is InChI=1S/C21H26N4O2/c1-14-7-8-17-16(11-14)13-20(26)25(17)18(12-15-5-3-4-6-15)21(27)22-19-9-10-24(2)23-19/h7-11,15,18H,3-6,12-13H2,1-2H3,(H,22,23,27). The van der Waals surface area contributed by atoms with Crippen LogP contribution in [0.15, 0.2) is 30.5 Å². The number of hydrogen-bond acceptors (Lipinski definition) is 3. The number of aromatic nitrogens is 2. The first-order valence-electron chi connectivity index (χ1n) is 9.73. The topological polar surface area (TPSA) is 67.2 Å². The van der Waals surface area contributed by atoms with Crippen molar-refractivity contribution in [3.8, 4) is 0 Å². The zero-order valence-electron chi connectivity index (χ0n) is 15.9. The van der Waals surface area contributed by atoms with E-state index in [0.717, 1.165) is 29.7 Å². The molecule has 142 valence electrons. The van der Waals surface area contributed by atoms with Gasteiger partial charge in [-0.15, -0.1) is 0 Å². The van der Waals surface area contributed by atoms with Crippen molar-refractivity contribution >= 4 is 23.3 Å². The molecule has 1 aromatic heterocycles. The number of hydrogen-bond donors (Lipinski definition) is 1. The summed E-state index contributed by atoms with van der Waals surface area (Å²) in [7, 11) is 1.81. The van der Waals surface area contributed by atoms with Crippen molar-refractivity contribution in [2.45, 2.75) is 51.5 Å². The number of fused-ring (bicyclic) bond motifs is 1. The minimum atomic E-state index is -0.494. The highest BCUT2D eigenvalue weighted by Crippen LogP contribution is 2.36. The average Bonchev–Trinajstić information content (AvgIpc) is 3.33. The predicted octanol–water partition coefficient (Wildman–Crippen LogP) is 3.21. The third kappa shape index (κ3) is 3.61. The zero-order chi connectivity index (χ0) is 19.0. The molecular weight excluding hydrogens is 340 g/mol. The summed E-state index contributed by atoms with van der Waals surface area (Å²) in [6.45, 7) is 2.03. The van der Waals surface area contributed by atoms with Gasteiger partial charge in [0.2, 0.25) is 11.8 Å². The third-order valence-corrected chi connectivity index (χ3v) is 5.72. The van der Waals surface area contributed by atoms with Gasteiger partial charge in [-0.2, -0.15) is 5.10 Å². The molecule has 2 aromatic rings. The quantitative estimate of drug-likeness (QED) is 0.884. The molecule has 2 aliphatic rings. The van der Waals surface area contributed by atoms with Crippen LogP contribution in [-0.2, 0) is 23.1 Å². The molecule has 1 aliphatic heterocycles. The first kappa shape index (κ1) is 17.8. The Morgan fingerprint density at radius 2 is 2.07 bits per heavy atom. The fourth-order valence-corrected chi connectivity index (χ4v) is 4.40. The second-order valence-electron chi connectivity index (χ2n) is 7.84. The molecule has 6 heteroatoms. The lowest BCUT2D eigenvalue weighted by molar-refractivity contribution is -0.123. The monoisotopic (exact) mass is 366 g/mol. The van der Waals surface area contributed by atoms with Crippen molar-refractivity contribution < 1.29 is 9.59 Å². The lowest BCUT2D eigenvalue weighted by Crippen LogP contribution is -2.47. The molecule has 1 unspecified atom stereocenters. The Morgan fingerprint density at radius 3 is 2.78 bits per heavy atom. The second-order valence-corrected chi connectivity index (χ2v) is 7.84. The number of carbonyl (C=O) groups excluding carboxylic acids is 2. The Kier molecular flexibility index (Phi) is 4.72. The molecule has 1 N–H and O–H groups in total. The van der Waals surface area contributed by atoms with Crippen molar-refractivity contribution in [1.29, 1.82) is 0 Å². The van der Waals surface area contributed by atoms with Gasteiger partial charge < -0.3 is 5.32 Å². The number of carbonyl (C=O) groups is 2. The van der Waals surface area contributed by atoms with Gasteiger partial charge in [0.15, 0.2) is 5.82 Å². The normalized spacial score (nSPS) is 18.0. The van der Waals surface area contributed by atoms with Crippen LogP contribution in [0, 0.1) is 12.8 Å². The van der Waals surface area contributed by atoms with E-state index in [9.17, 15) is 9.59 Å².